The van der Waals surface area contributed by atoms with Gasteiger partial charge in [0.25, 0.3) is 0 Å². The minimum Gasteiger partial charge on any atom is -0.491 e. The third kappa shape index (κ3) is 10.6. The van der Waals surface area contributed by atoms with Crippen molar-refractivity contribution in [1.29, 1.82) is 0 Å². The molecule has 0 aliphatic carbocycles. The summed E-state index contributed by atoms with van der Waals surface area (Å²) in [4.78, 5) is 0. The molecule has 1 unspecified atom stereocenters. The molecule has 0 spiro atoms. The molecule has 0 saturated carbocycles. The molecule has 1 aliphatic rings. The van der Waals surface area contributed by atoms with E-state index in [-0.39, 0.29) is 5.60 Å². The predicted octanol–water partition coefficient (Wildman–Crippen LogP) is 7.26. The molecule has 1 saturated heterocycles. The maximum atomic E-state index is 5.78. The highest BCUT2D eigenvalue weighted by atomic mass is 16.6. The zero-order valence-corrected chi connectivity index (χ0v) is 17.7. The predicted molar refractivity (Wildman–Crippen MR) is 116 cm³/mol. The van der Waals surface area contributed by atoms with Crippen molar-refractivity contribution < 1.29 is 9.47 Å². The Balaban J connectivity index is 1.41. The van der Waals surface area contributed by atoms with E-state index in [1.807, 2.05) is 0 Å². The number of hydrogen-bond acceptors (Lipinski definition) is 2. The van der Waals surface area contributed by atoms with Crippen molar-refractivity contribution in [2.24, 2.45) is 0 Å². The van der Waals surface area contributed by atoms with Crippen molar-refractivity contribution in [3.8, 4) is 5.75 Å². The van der Waals surface area contributed by atoms with Crippen LogP contribution in [0.1, 0.15) is 90.0 Å². The molecule has 0 N–H and O–H groups in total. The van der Waals surface area contributed by atoms with Crippen molar-refractivity contribution >= 4 is 0 Å². The highest BCUT2D eigenvalue weighted by Gasteiger charge is 2.40. The average Bonchev–Trinajstić information content (AvgIpc) is 3.42. The van der Waals surface area contributed by atoms with Gasteiger partial charge in [-0.3, -0.25) is 0 Å². The number of rotatable bonds is 16. The summed E-state index contributed by atoms with van der Waals surface area (Å²) >= 11 is 0. The molecule has 27 heavy (non-hydrogen) atoms. The molecular formula is C25H40O2. The smallest absolute Gasteiger partial charge is 0.123 e. The first-order valence-corrected chi connectivity index (χ1v) is 11.2. The Morgan fingerprint density at radius 3 is 2.11 bits per heavy atom. The van der Waals surface area contributed by atoms with Crippen LogP contribution in [0.5, 0.6) is 5.75 Å². The second kappa shape index (κ2) is 13.0. The SMILES string of the molecule is CCCCCC/C=C/CCCCCCCc1ccc(OCC2(C)CO2)cc1. The summed E-state index contributed by atoms with van der Waals surface area (Å²) in [7, 11) is 0. The summed E-state index contributed by atoms with van der Waals surface area (Å²) in [5.41, 5.74) is 1.38. The largest absolute Gasteiger partial charge is 0.491 e. The zero-order chi connectivity index (χ0) is 19.2. The fourth-order valence-electron chi connectivity index (χ4n) is 3.24. The van der Waals surface area contributed by atoms with Crippen molar-refractivity contribution in [1.82, 2.24) is 0 Å². The quantitative estimate of drug-likeness (QED) is 0.173. The van der Waals surface area contributed by atoms with Gasteiger partial charge in [-0.25, -0.2) is 0 Å². The van der Waals surface area contributed by atoms with E-state index in [1.165, 1.54) is 82.6 Å². The number of ether oxygens (including phenoxy) is 2. The normalized spacial score (nSPS) is 18.9. The van der Waals surface area contributed by atoms with Gasteiger partial charge in [0.2, 0.25) is 0 Å². The van der Waals surface area contributed by atoms with Crippen LogP contribution < -0.4 is 4.74 Å². The highest BCUT2D eigenvalue weighted by Crippen LogP contribution is 2.27. The van der Waals surface area contributed by atoms with Gasteiger partial charge in [-0.2, -0.15) is 0 Å². The van der Waals surface area contributed by atoms with Crippen LogP contribution in [0.4, 0.5) is 0 Å². The van der Waals surface area contributed by atoms with Crippen LogP contribution in [-0.2, 0) is 11.2 Å². The molecule has 1 aromatic rings. The van der Waals surface area contributed by atoms with Gasteiger partial charge in [-0.1, -0.05) is 69.7 Å². The number of allylic oxidation sites excluding steroid dienone is 2. The van der Waals surface area contributed by atoms with Crippen LogP contribution in [0.2, 0.25) is 0 Å². The number of benzene rings is 1. The molecule has 0 aromatic heterocycles. The van der Waals surface area contributed by atoms with E-state index in [4.69, 9.17) is 9.47 Å². The van der Waals surface area contributed by atoms with E-state index >= 15 is 0 Å². The molecular weight excluding hydrogens is 332 g/mol. The Hall–Kier alpha value is -1.28. The van der Waals surface area contributed by atoms with E-state index in [9.17, 15) is 0 Å². The van der Waals surface area contributed by atoms with Gasteiger partial charge in [0, 0.05) is 0 Å². The molecule has 1 fully saturated rings. The zero-order valence-electron chi connectivity index (χ0n) is 17.7. The molecule has 2 rings (SSSR count). The topological polar surface area (TPSA) is 21.8 Å². The lowest BCUT2D eigenvalue weighted by Crippen LogP contribution is -2.16. The number of unbranched alkanes of at least 4 members (excludes halogenated alkanes) is 9. The van der Waals surface area contributed by atoms with Crippen LogP contribution in [0.3, 0.4) is 0 Å². The van der Waals surface area contributed by atoms with Crippen molar-refractivity contribution in [3.63, 3.8) is 0 Å². The van der Waals surface area contributed by atoms with Gasteiger partial charge in [0.1, 0.15) is 18.0 Å². The van der Waals surface area contributed by atoms with Gasteiger partial charge < -0.3 is 9.47 Å². The van der Waals surface area contributed by atoms with Gasteiger partial charge in [0.15, 0.2) is 0 Å². The highest BCUT2D eigenvalue weighted by molar-refractivity contribution is 5.27. The Labute approximate surface area is 167 Å². The Morgan fingerprint density at radius 2 is 1.48 bits per heavy atom. The van der Waals surface area contributed by atoms with Crippen LogP contribution in [0.15, 0.2) is 36.4 Å². The minimum absolute atomic E-state index is 0.0386. The average molecular weight is 373 g/mol. The molecule has 152 valence electrons. The lowest BCUT2D eigenvalue weighted by Gasteiger charge is -2.09. The second-order valence-electron chi connectivity index (χ2n) is 8.30. The van der Waals surface area contributed by atoms with Crippen molar-refractivity contribution in [2.45, 2.75) is 96.5 Å². The molecule has 2 heteroatoms. The molecule has 1 aliphatic heterocycles. The van der Waals surface area contributed by atoms with E-state index in [1.54, 1.807) is 0 Å². The fraction of sp³-hybridized carbons (Fsp3) is 0.680. The summed E-state index contributed by atoms with van der Waals surface area (Å²) in [6.07, 6.45) is 20.7. The van der Waals surface area contributed by atoms with E-state index in [2.05, 4.69) is 50.3 Å². The summed E-state index contributed by atoms with van der Waals surface area (Å²) < 4.78 is 11.1. The molecule has 2 nitrogen and oxygen atoms in total. The van der Waals surface area contributed by atoms with Crippen LogP contribution in [0, 0.1) is 0 Å². The van der Waals surface area contributed by atoms with E-state index in [0.29, 0.717) is 6.61 Å². The number of aryl methyl sites for hydroxylation is 1. The minimum atomic E-state index is -0.0386. The molecule has 0 bridgehead atoms. The third-order valence-corrected chi connectivity index (χ3v) is 5.33. The first kappa shape index (κ1) is 22.0. The summed E-state index contributed by atoms with van der Waals surface area (Å²) in [6, 6.07) is 8.60. The molecule has 1 heterocycles. The van der Waals surface area contributed by atoms with E-state index < -0.39 is 0 Å². The molecule has 0 amide bonds. The maximum Gasteiger partial charge on any atom is 0.123 e. The Kier molecular flexibility index (Phi) is 10.6. The first-order valence-electron chi connectivity index (χ1n) is 11.2. The van der Waals surface area contributed by atoms with E-state index in [0.717, 1.165) is 12.4 Å². The summed E-state index contributed by atoms with van der Waals surface area (Å²) in [5.74, 6) is 0.953. The molecule has 0 radical (unpaired) electrons. The first-order chi connectivity index (χ1) is 13.2. The van der Waals surface area contributed by atoms with Gasteiger partial charge in [0.05, 0.1) is 6.61 Å². The Bertz CT molecular complexity index is 514. The standard InChI is InChI=1S/C25H40O2/c1-3-4-5-6-7-8-9-10-11-12-13-14-15-16-23-17-19-24(20-18-23)26-21-25(2)22-27-25/h8-9,17-20H,3-7,10-16,21-22H2,1-2H3/b9-8+. The second-order valence-corrected chi connectivity index (χ2v) is 8.30. The monoisotopic (exact) mass is 372 g/mol. The summed E-state index contributed by atoms with van der Waals surface area (Å²) in [5, 5.41) is 0. The Morgan fingerprint density at radius 1 is 0.889 bits per heavy atom. The van der Waals surface area contributed by atoms with Gasteiger partial charge in [-0.15, -0.1) is 0 Å². The lowest BCUT2D eigenvalue weighted by molar-refractivity contribution is 0.202. The third-order valence-electron chi connectivity index (χ3n) is 5.33. The van der Waals surface area contributed by atoms with Crippen LogP contribution in [-0.4, -0.2) is 18.8 Å². The fourth-order valence-corrected chi connectivity index (χ4v) is 3.24. The van der Waals surface area contributed by atoms with Crippen molar-refractivity contribution in [2.75, 3.05) is 13.2 Å². The van der Waals surface area contributed by atoms with Crippen LogP contribution >= 0.6 is 0 Å². The maximum absolute atomic E-state index is 5.78. The molecule has 1 atom stereocenters. The number of hydrogen-bond donors (Lipinski definition) is 0. The lowest BCUT2D eigenvalue weighted by atomic mass is 10.0. The van der Waals surface area contributed by atoms with Gasteiger partial charge in [-0.05, 0) is 63.1 Å². The van der Waals surface area contributed by atoms with Crippen molar-refractivity contribution in [3.05, 3.63) is 42.0 Å². The number of epoxide rings is 1. The molecule has 1 aromatic carbocycles. The summed E-state index contributed by atoms with van der Waals surface area (Å²) in [6.45, 7) is 5.83. The van der Waals surface area contributed by atoms with Crippen LogP contribution in [0.25, 0.3) is 0 Å². The van der Waals surface area contributed by atoms with Gasteiger partial charge >= 0.3 is 0 Å².